The monoisotopic (exact) mass is 311 g/mol. The van der Waals surface area contributed by atoms with E-state index in [-0.39, 0.29) is 11.9 Å². The smallest absolute Gasteiger partial charge is 0.315 e. The molecule has 0 aliphatic heterocycles. The Hall–Kier alpha value is -1.63. The average molecular weight is 311 g/mol. The molecule has 1 fully saturated rings. The molecule has 1 aliphatic rings. The Morgan fingerprint density at radius 3 is 2.62 bits per heavy atom. The van der Waals surface area contributed by atoms with Crippen LogP contribution in [-0.4, -0.2) is 28.6 Å². The van der Waals surface area contributed by atoms with E-state index >= 15 is 0 Å². The summed E-state index contributed by atoms with van der Waals surface area (Å²) in [6.45, 7) is 3.03. The Labute approximate surface area is 128 Å². The number of hydrogen-bond donors (Lipinski definition) is 3. The highest BCUT2D eigenvalue weighted by Crippen LogP contribution is 2.28. The Kier molecular flexibility index (Phi) is 5.55. The largest absolute Gasteiger partial charge is 0.481 e. The maximum absolute atomic E-state index is 11.7. The number of nitrogens with zero attached hydrogens (tertiary/aromatic N) is 1. The molecule has 1 aromatic heterocycles. The van der Waals surface area contributed by atoms with Gasteiger partial charge in [-0.25, -0.2) is 9.78 Å². The van der Waals surface area contributed by atoms with Gasteiger partial charge in [0.15, 0.2) is 0 Å². The molecule has 2 rings (SSSR count). The van der Waals surface area contributed by atoms with Crippen molar-refractivity contribution in [3.8, 4) is 0 Å². The van der Waals surface area contributed by atoms with Crippen LogP contribution >= 0.6 is 11.3 Å². The molecule has 1 aromatic rings. The Balaban J connectivity index is 1.62. The Morgan fingerprint density at radius 2 is 2.05 bits per heavy atom. The van der Waals surface area contributed by atoms with Crippen LogP contribution in [0.15, 0.2) is 6.20 Å². The van der Waals surface area contributed by atoms with Gasteiger partial charge in [0.1, 0.15) is 0 Å². The standard InChI is InChI=1S/C14H21N3O3S/c1-9-15-7-12(21-9)8-17-14(20)16-6-10-2-4-11(5-3-10)13(18)19/h7,10-11H,2-6,8H2,1H3,(H,18,19)(H2,16,17,20). The van der Waals surface area contributed by atoms with Gasteiger partial charge in [0.25, 0.3) is 0 Å². The molecule has 1 aliphatic carbocycles. The van der Waals surface area contributed by atoms with Gasteiger partial charge in [-0.2, -0.15) is 0 Å². The molecule has 1 heterocycles. The number of aromatic nitrogens is 1. The summed E-state index contributed by atoms with van der Waals surface area (Å²) in [5, 5.41) is 15.6. The van der Waals surface area contributed by atoms with Crippen molar-refractivity contribution < 1.29 is 14.7 Å². The fourth-order valence-electron chi connectivity index (χ4n) is 2.57. The zero-order chi connectivity index (χ0) is 15.2. The highest BCUT2D eigenvalue weighted by Gasteiger charge is 2.25. The predicted octanol–water partition coefficient (Wildman–Crippen LogP) is 2.14. The second-order valence-corrected chi connectivity index (χ2v) is 6.78. The van der Waals surface area contributed by atoms with Crippen molar-refractivity contribution in [2.24, 2.45) is 11.8 Å². The summed E-state index contributed by atoms with van der Waals surface area (Å²) in [7, 11) is 0. The lowest BCUT2D eigenvalue weighted by molar-refractivity contribution is -0.143. The summed E-state index contributed by atoms with van der Waals surface area (Å²) in [4.78, 5) is 27.7. The lowest BCUT2D eigenvalue weighted by atomic mass is 9.82. The second-order valence-electron chi connectivity index (χ2n) is 5.47. The normalized spacial score (nSPS) is 21.8. The minimum Gasteiger partial charge on any atom is -0.481 e. The number of nitrogens with one attached hydrogen (secondary N) is 2. The molecule has 0 unspecified atom stereocenters. The van der Waals surface area contributed by atoms with E-state index in [4.69, 9.17) is 5.11 Å². The quantitative estimate of drug-likeness (QED) is 0.777. The lowest BCUT2D eigenvalue weighted by Gasteiger charge is -2.26. The first-order chi connectivity index (χ1) is 10.0. The number of urea groups is 1. The topological polar surface area (TPSA) is 91.3 Å². The minimum absolute atomic E-state index is 0.179. The number of hydrogen-bond acceptors (Lipinski definition) is 4. The first-order valence-corrected chi connectivity index (χ1v) is 8.02. The molecule has 0 aromatic carbocycles. The number of carbonyl (C=O) groups is 2. The first-order valence-electron chi connectivity index (χ1n) is 7.20. The van der Waals surface area contributed by atoms with Crippen molar-refractivity contribution in [1.29, 1.82) is 0 Å². The van der Waals surface area contributed by atoms with E-state index in [0.717, 1.165) is 22.7 Å². The maximum atomic E-state index is 11.7. The Morgan fingerprint density at radius 1 is 1.33 bits per heavy atom. The van der Waals surface area contributed by atoms with Crippen molar-refractivity contribution in [1.82, 2.24) is 15.6 Å². The number of rotatable bonds is 5. The molecule has 0 spiro atoms. The summed E-state index contributed by atoms with van der Waals surface area (Å²) in [6, 6.07) is -0.179. The molecule has 1 saturated carbocycles. The summed E-state index contributed by atoms with van der Waals surface area (Å²) in [5.41, 5.74) is 0. The van der Waals surface area contributed by atoms with Crippen LogP contribution < -0.4 is 10.6 Å². The van der Waals surface area contributed by atoms with E-state index < -0.39 is 5.97 Å². The van der Waals surface area contributed by atoms with Crippen LogP contribution in [0.4, 0.5) is 4.79 Å². The van der Waals surface area contributed by atoms with Gasteiger partial charge in [0, 0.05) is 17.6 Å². The third-order valence-corrected chi connectivity index (χ3v) is 4.75. The Bertz CT molecular complexity index is 495. The third-order valence-electron chi connectivity index (χ3n) is 3.84. The van der Waals surface area contributed by atoms with Crippen LogP contribution in [0.3, 0.4) is 0 Å². The fraction of sp³-hybridized carbons (Fsp3) is 0.643. The molecule has 21 heavy (non-hydrogen) atoms. The molecule has 0 radical (unpaired) electrons. The molecular weight excluding hydrogens is 290 g/mol. The van der Waals surface area contributed by atoms with Crippen molar-refractivity contribution in [3.63, 3.8) is 0 Å². The van der Waals surface area contributed by atoms with Gasteiger partial charge >= 0.3 is 12.0 Å². The van der Waals surface area contributed by atoms with Crippen LogP contribution in [-0.2, 0) is 11.3 Å². The van der Waals surface area contributed by atoms with Crippen molar-refractivity contribution in [2.75, 3.05) is 6.54 Å². The molecule has 2 amide bonds. The summed E-state index contributed by atoms with van der Waals surface area (Å²) >= 11 is 1.57. The number of aryl methyl sites for hydroxylation is 1. The van der Waals surface area contributed by atoms with Crippen LogP contribution in [0.25, 0.3) is 0 Å². The number of carbonyl (C=O) groups excluding carboxylic acids is 1. The second kappa shape index (κ2) is 7.40. The summed E-state index contributed by atoms with van der Waals surface area (Å²) < 4.78 is 0. The number of aliphatic carboxylic acids is 1. The average Bonchev–Trinajstić information content (AvgIpc) is 2.89. The first kappa shape index (κ1) is 15.8. The molecular formula is C14H21N3O3S. The van der Waals surface area contributed by atoms with Crippen LogP contribution in [0.5, 0.6) is 0 Å². The van der Waals surface area contributed by atoms with E-state index in [9.17, 15) is 9.59 Å². The van der Waals surface area contributed by atoms with E-state index in [0.29, 0.717) is 31.8 Å². The lowest BCUT2D eigenvalue weighted by Crippen LogP contribution is -2.38. The molecule has 0 saturated heterocycles. The third kappa shape index (κ3) is 5.00. The van der Waals surface area contributed by atoms with E-state index in [2.05, 4.69) is 15.6 Å². The van der Waals surface area contributed by atoms with Gasteiger partial charge in [-0.1, -0.05) is 0 Å². The van der Waals surface area contributed by atoms with Crippen molar-refractivity contribution >= 4 is 23.3 Å². The van der Waals surface area contributed by atoms with Crippen LogP contribution in [0.2, 0.25) is 0 Å². The molecule has 7 heteroatoms. The minimum atomic E-state index is -0.695. The highest BCUT2D eigenvalue weighted by atomic mass is 32.1. The molecule has 3 N–H and O–H groups in total. The fourth-order valence-corrected chi connectivity index (χ4v) is 3.30. The van der Waals surface area contributed by atoms with E-state index in [1.165, 1.54) is 0 Å². The predicted molar refractivity (Wildman–Crippen MR) is 80.2 cm³/mol. The molecule has 6 nitrogen and oxygen atoms in total. The zero-order valence-corrected chi connectivity index (χ0v) is 12.9. The molecule has 116 valence electrons. The van der Waals surface area contributed by atoms with Gasteiger partial charge < -0.3 is 15.7 Å². The number of thiazole rings is 1. The summed E-state index contributed by atoms with van der Waals surface area (Å²) in [6.07, 6.45) is 4.93. The molecule has 0 bridgehead atoms. The van der Waals surface area contributed by atoms with Gasteiger partial charge in [0.05, 0.1) is 17.5 Å². The van der Waals surface area contributed by atoms with Crippen molar-refractivity contribution in [3.05, 3.63) is 16.1 Å². The van der Waals surface area contributed by atoms with Crippen molar-refractivity contribution in [2.45, 2.75) is 39.2 Å². The number of carboxylic acid groups (broad SMARTS) is 1. The van der Waals surface area contributed by atoms with Gasteiger partial charge in [-0.3, -0.25) is 4.79 Å². The summed E-state index contributed by atoms with van der Waals surface area (Å²) in [5.74, 6) is -0.513. The maximum Gasteiger partial charge on any atom is 0.315 e. The SMILES string of the molecule is Cc1ncc(CNC(=O)NCC2CCC(C(=O)O)CC2)s1. The van der Waals surface area contributed by atoms with Gasteiger partial charge in [-0.05, 0) is 38.5 Å². The van der Waals surface area contributed by atoms with E-state index in [1.54, 1.807) is 17.5 Å². The van der Waals surface area contributed by atoms with Gasteiger partial charge in [0.2, 0.25) is 0 Å². The number of carboxylic acids is 1. The van der Waals surface area contributed by atoms with E-state index in [1.807, 2.05) is 6.92 Å². The highest BCUT2D eigenvalue weighted by molar-refractivity contribution is 7.11. The van der Waals surface area contributed by atoms with Crippen LogP contribution in [0, 0.1) is 18.8 Å². The number of amides is 2. The van der Waals surface area contributed by atoms with Gasteiger partial charge in [-0.15, -0.1) is 11.3 Å². The molecule has 0 atom stereocenters. The zero-order valence-electron chi connectivity index (χ0n) is 12.1. The van der Waals surface area contributed by atoms with Crippen LogP contribution in [0.1, 0.15) is 35.6 Å².